The standard InChI is InChI=1S/C11H10N4O2S2/c12-11(18)9-5-4-8(7-14-9)19(16,17)15-10-3-1-2-6-13-10/h1-7H,(H2,12,18)(H,13,15). The Kier molecular flexibility index (Phi) is 3.72. The lowest BCUT2D eigenvalue weighted by Crippen LogP contribution is -2.16. The number of nitrogens with one attached hydrogen (secondary N) is 1. The molecule has 2 heterocycles. The summed E-state index contributed by atoms with van der Waals surface area (Å²) >= 11 is 4.74. The van der Waals surface area contributed by atoms with Gasteiger partial charge in [-0.15, -0.1) is 0 Å². The first-order valence-corrected chi connectivity index (χ1v) is 7.08. The van der Waals surface area contributed by atoms with Crippen LogP contribution >= 0.6 is 12.2 Å². The summed E-state index contributed by atoms with van der Waals surface area (Å²) in [6.07, 6.45) is 2.69. The van der Waals surface area contributed by atoms with Crippen molar-refractivity contribution in [3.8, 4) is 0 Å². The fourth-order valence-corrected chi connectivity index (χ4v) is 2.38. The lowest BCUT2D eigenvalue weighted by atomic mass is 10.3. The highest BCUT2D eigenvalue weighted by molar-refractivity contribution is 7.92. The Morgan fingerprint density at radius 3 is 2.53 bits per heavy atom. The molecular weight excluding hydrogens is 284 g/mol. The molecule has 0 amide bonds. The van der Waals surface area contributed by atoms with Crippen LogP contribution in [0.15, 0.2) is 47.6 Å². The van der Waals surface area contributed by atoms with E-state index in [9.17, 15) is 8.42 Å². The van der Waals surface area contributed by atoms with Crippen molar-refractivity contribution in [3.63, 3.8) is 0 Å². The molecule has 0 bridgehead atoms. The number of nitrogens with zero attached hydrogens (tertiary/aromatic N) is 2. The van der Waals surface area contributed by atoms with E-state index in [0.717, 1.165) is 0 Å². The van der Waals surface area contributed by atoms with E-state index >= 15 is 0 Å². The van der Waals surface area contributed by atoms with Crippen molar-refractivity contribution in [1.29, 1.82) is 0 Å². The Hall–Kier alpha value is -2.06. The van der Waals surface area contributed by atoms with Gasteiger partial charge in [0.1, 0.15) is 15.7 Å². The zero-order valence-corrected chi connectivity index (χ0v) is 11.3. The maximum Gasteiger partial charge on any atom is 0.264 e. The number of rotatable bonds is 4. The molecule has 0 saturated heterocycles. The van der Waals surface area contributed by atoms with Crippen molar-refractivity contribution in [2.24, 2.45) is 5.73 Å². The van der Waals surface area contributed by atoms with Gasteiger partial charge < -0.3 is 5.73 Å². The molecule has 98 valence electrons. The van der Waals surface area contributed by atoms with Crippen LogP contribution in [0.1, 0.15) is 5.69 Å². The molecule has 3 N–H and O–H groups in total. The minimum atomic E-state index is -3.71. The molecule has 0 unspecified atom stereocenters. The Morgan fingerprint density at radius 2 is 2.00 bits per heavy atom. The van der Waals surface area contributed by atoms with Gasteiger partial charge in [-0.2, -0.15) is 0 Å². The summed E-state index contributed by atoms with van der Waals surface area (Å²) in [5, 5.41) is 0. The Labute approximate surface area is 115 Å². The first-order chi connectivity index (χ1) is 8.99. The van der Waals surface area contributed by atoms with Crippen LogP contribution in [0, 0.1) is 0 Å². The zero-order valence-electron chi connectivity index (χ0n) is 9.65. The summed E-state index contributed by atoms with van der Waals surface area (Å²) in [5.41, 5.74) is 5.76. The molecule has 0 aliphatic carbocycles. The second-order valence-electron chi connectivity index (χ2n) is 3.56. The number of aromatic nitrogens is 2. The van der Waals surface area contributed by atoms with Crippen molar-refractivity contribution < 1.29 is 8.42 Å². The number of thiocarbonyl (C=S) groups is 1. The van der Waals surface area contributed by atoms with Crippen LogP contribution in [0.2, 0.25) is 0 Å². The highest BCUT2D eigenvalue weighted by Gasteiger charge is 2.15. The van der Waals surface area contributed by atoms with Gasteiger partial charge >= 0.3 is 0 Å². The number of hydrogen-bond acceptors (Lipinski definition) is 5. The van der Waals surface area contributed by atoms with Crippen LogP contribution in [0.4, 0.5) is 5.82 Å². The van der Waals surface area contributed by atoms with Crippen molar-refractivity contribution >= 4 is 33.0 Å². The largest absolute Gasteiger partial charge is 0.388 e. The number of hydrogen-bond donors (Lipinski definition) is 2. The van der Waals surface area contributed by atoms with E-state index < -0.39 is 10.0 Å². The molecule has 2 aromatic rings. The minimum absolute atomic E-state index is 0.0122. The number of anilines is 1. The molecule has 0 aliphatic rings. The zero-order chi connectivity index (χ0) is 13.9. The highest BCUT2D eigenvalue weighted by atomic mass is 32.2. The number of sulfonamides is 1. The lowest BCUT2D eigenvalue weighted by molar-refractivity contribution is 0.600. The monoisotopic (exact) mass is 294 g/mol. The van der Waals surface area contributed by atoms with Crippen LogP contribution in [0.25, 0.3) is 0 Å². The van der Waals surface area contributed by atoms with Crippen molar-refractivity contribution in [2.45, 2.75) is 4.90 Å². The molecule has 0 radical (unpaired) electrons. The van der Waals surface area contributed by atoms with E-state index in [1.54, 1.807) is 18.2 Å². The molecule has 19 heavy (non-hydrogen) atoms. The second-order valence-corrected chi connectivity index (χ2v) is 5.69. The second kappa shape index (κ2) is 5.29. The molecule has 0 saturated carbocycles. The number of pyridine rings is 2. The van der Waals surface area contributed by atoms with E-state index in [1.807, 2.05) is 0 Å². The van der Waals surface area contributed by atoms with E-state index in [-0.39, 0.29) is 15.7 Å². The summed E-state index contributed by atoms with van der Waals surface area (Å²) in [6.45, 7) is 0. The van der Waals surface area contributed by atoms with Gasteiger partial charge in [0.05, 0.1) is 5.69 Å². The lowest BCUT2D eigenvalue weighted by Gasteiger charge is -2.07. The third-order valence-corrected chi connectivity index (χ3v) is 3.75. The van der Waals surface area contributed by atoms with Crippen LogP contribution in [0.3, 0.4) is 0 Å². The Balaban J connectivity index is 2.27. The Bertz CT molecular complexity index is 684. The number of nitrogens with two attached hydrogens (primary N) is 1. The quantitative estimate of drug-likeness (QED) is 0.813. The van der Waals surface area contributed by atoms with Gasteiger partial charge in [-0.3, -0.25) is 9.71 Å². The molecule has 8 heteroatoms. The fraction of sp³-hybridized carbons (Fsp3) is 0. The molecule has 0 atom stereocenters. The minimum Gasteiger partial charge on any atom is -0.388 e. The molecule has 0 spiro atoms. The molecule has 0 fully saturated rings. The average molecular weight is 294 g/mol. The van der Waals surface area contributed by atoms with Crippen LogP contribution in [0.5, 0.6) is 0 Å². The van der Waals surface area contributed by atoms with E-state index in [2.05, 4.69) is 14.7 Å². The molecule has 6 nitrogen and oxygen atoms in total. The summed E-state index contributed by atoms with van der Waals surface area (Å²) in [6, 6.07) is 7.76. The topological polar surface area (TPSA) is 98.0 Å². The fourth-order valence-electron chi connectivity index (χ4n) is 1.30. The normalized spacial score (nSPS) is 10.9. The summed E-state index contributed by atoms with van der Waals surface area (Å²) in [5.74, 6) is 0.237. The Morgan fingerprint density at radius 1 is 1.21 bits per heavy atom. The predicted molar refractivity (Wildman–Crippen MR) is 75.2 cm³/mol. The summed E-state index contributed by atoms with van der Waals surface area (Å²) in [4.78, 5) is 7.89. The third-order valence-electron chi connectivity index (χ3n) is 2.20. The smallest absolute Gasteiger partial charge is 0.264 e. The maximum atomic E-state index is 12.0. The van der Waals surface area contributed by atoms with E-state index in [1.165, 1.54) is 24.5 Å². The highest BCUT2D eigenvalue weighted by Crippen LogP contribution is 2.13. The van der Waals surface area contributed by atoms with Gasteiger partial charge in [0.15, 0.2) is 0 Å². The van der Waals surface area contributed by atoms with E-state index in [4.69, 9.17) is 18.0 Å². The van der Waals surface area contributed by atoms with Gasteiger partial charge in [-0.25, -0.2) is 13.4 Å². The molecule has 2 rings (SSSR count). The summed E-state index contributed by atoms with van der Waals surface area (Å²) in [7, 11) is -3.71. The first kappa shape index (κ1) is 13.4. The van der Waals surface area contributed by atoms with Gasteiger partial charge in [0.2, 0.25) is 0 Å². The van der Waals surface area contributed by atoms with Gasteiger partial charge in [0.25, 0.3) is 10.0 Å². The van der Waals surface area contributed by atoms with Gasteiger partial charge in [-0.05, 0) is 24.3 Å². The van der Waals surface area contributed by atoms with Gasteiger partial charge in [-0.1, -0.05) is 18.3 Å². The predicted octanol–water partition coefficient (Wildman–Crippen LogP) is 0.912. The van der Waals surface area contributed by atoms with Crippen molar-refractivity contribution in [1.82, 2.24) is 9.97 Å². The van der Waals surface area contributed by atoms with Crippen LogP contribution < -0.4 is 10.5 Å². The molecular formula is C11H10N4O2S2. The van der Waals surface area contributed by atoms with Crippen molar-refractivity contribution in [3.05, 3.63) is 48.4 Å². The van der Waals surface area contributed by atoms with Crippen LogP contribution in [-0.4, -0.2) is 23.4 Å². The van der Waals surface area contributed by atoms with Gasteiger partial charge in [0, 0.05) is 12.4 Å². The summed E-state index contributed by atoms with van der Waals surface area (Å²) < 4.78 is 26.4. The third kappa shape index (κ3) is 3.24. The average Bonchev–Trinajstić information content (AvgIpc) is 2.39. The molecule has 2 aromatic heterocycles. The van der Waals surface area contributed by atoms with E-state index in [0.29, 0.717) is 5.69 Å². The first-order valence-electron chi connectivity index (χ1n) is 5.19. The maximum absolute atomic E-state index is 12.0. The van der Waals surface area contributed by atoms with Crippen LogP contribution in [-0.2, 0) is 10.0 Å². The molecule has 0 aromatic carbocycles. The SMILES string of the molecule is NC(=S)c1ccc(S(=O)(=O)Nc2ccccn2)cn1. The van der Waals surface area contributed by atoms with Crippen molar-refractivity contribution in [2.75, 3.05) is 4.72 Å². The molecule has 0 aliphatic heterocycles.